The molecule has 1 aromatic heterocycles. The molecule has 27 heavy (non-hydrogen) atoms. The highest BCUT2D eigenvalue weighted by Crippen LogP contribution is 2.26. The van der Waals surface area contributed by atoms with Gasteiger partial charge in [-0.25, -0.2) is 9.97 Å². The molecule has 0 amide bonds. The minimum atomic E-state index is -3.11. The van der Waals surface area contributed by atoms with Gasteiger partial charge in [0.25, 0.3) is 5.92 Å². The predicted octanol–water partition coefficient (Wildman–Crippen LogP) is 3.04. The fraction of sp³-hybridized carbons (Fsp3) is 0.421. The van der Waals surface area contributed by atoms with Gasteiger partial charge in [0, 0.05) is 11.6 Å². The molecule has 1 fully saturated rings. The van der Waals surface area contributed by atoms with Gasteiger partial charge in [0.15, 0.2) is 0 Å². The summed E-state index contributed by atoms with van der Waals surface area (Å²) >= 11 is 0. The van der Waals surface area contributed by atoms with Crippen LogP contribution in [0.15, 0.2) is 41.8 Å². The molecule has 4 rings (SSSR count). The maximum absolute atomic E-state index is 12.6. The summed E-state index contributed by atoms with van der Waals surface area (Å²) in [5, 5.41) is 15.9. The molecule has 0 radical (unpaired) electrons. The summed E-state index contributed by atoms with van der Waals surface area (Å²) in [6, 6.07) is 7.82. The second-order valence-corrected chi connectivity index (χ2v) is 6.53. The van der Waals surface area contributed by atoms with Gasteiger partial charge in [-0.1, -0.05) is 43.2 Å². The van der Waals surface area contributed by atoms with Crippen molar-refractivity contribution in [2.75, 3.05) is 11.9 Å². The fourth-order valence-corrected chi connectivity index (χ4v) is 3.09. The number of aromatic nitrogens is 2. The van der Waals surface area contributed by atoms with Crippen LogP contribution < -0.4 is 10.7 Å². The molecular formula is C19H23F2N5O. The molecule has 6 nitrogen and oxygen atoms in total. The van der Waals surface area contributed by atoms with Gasteiger partial charge in [-0.05, 0) is 12.8 Å². The quantitative estimate of drug-likeness (QED) is 0.765. The van der Waals surface area contributed by atoms with Crippen LogP contribution in [-0.4, -0.2) is 33.9 Å². The van der Waals surface area contributed by atoms with Crippen LogP contribution in [0.5, 0.6) is 0 Å². The average Bonchev–Trinajstić information content (AvgIpc) is 3.23. The van der Waals surface area contributed by atoms with Gasteiger partial charge in [0.1, 0.15) is 18.8 Å². The number of benzene rings is 1. The molecule has 2 aliphatic rings. The van der Waals surface area contributed by atoms with Crippen molar-refractivity contribution < 1.29 is 13.9 Å². The molecular weight excluding hydrogens is 352 g/mol. The van der Waals surface area contributed by atoms with Gasteiger partial charge in [-0.3, -0.25) is 0 Å². The van der Waals surface area contributed by atoms with Crippen LogP contribution in [0.2, 0.25) is 0 Å². The van der Waals surface area contributed by atoms with Gasteiger partial charge < -0.3 is 15.8 Å². The van der Waals surface area contributed by atoms with Crippen molar-refractivity contribution in [2.45, 2.75) is 44.2 Å². The minimum absolute atomic E-state index is 0.150. The molecule has 1 aliphatic carbocycles. The molecule has 1 saturated carbocycles. The molecule has 3 N–H and O–H groups in total. The summed E-state index contributed by atoms with van der Waals surface area (Å²) in [7, 11) is 0. The van der Waals surface area contributed by atoms with Crippen LogP contribution in [0.1, 0.15) is 42.5 Å². The molecule has 144 valence electrons. The highest BCUT2D eigenvalue weighted by atomic mass is 19.3. The monoisotopic (exact) mass is 375 g/mol. The first kappa shape index (κ1) is 19.2. The van der Waals surface area contributed by atoms with Gasteiger partial charge in [-0.15, -0.1) is 0 Å². The van der Waals surface area contributed by atoms with Crippen molar-refractivity contribution in [2.24, 2.45) is 5.10 Å². The number of rotatable bonds is 4. The number of alkyl halides is 2. The van der Waals surface area contributed by atoms with E-state index in [1.54, 1.807) is 18.6 Å². The number of hydrazone groups is 1. The summed E-state index contributed by atoms with van der Waals surface area (Å²) in [5.41, 5.74) is 4.82. The van der Waals surface area contributed by atoms with E-state index < -0.39 is 12.5 Å². The van der Waals surface area contributed by atoms with E-state index in [0.29, 0.717) is 12.6 Å². The number of hydrogen-bond acceptors (Lipinski definition) is 6. The molecule has 0 saturated heterocycles. The lowest BCUT2D eigenvalue weighted by atomic mass is 10.1. The smallest absolute Gasteiger partial charge is 0.295 e. The van der Waals surface area contributed by atoms with Crippen LogP contribution in [-0.2, 0) is 12.5 Å². The van der Waals surface area contributed by atoms with E-state index in [1.165, 1.54) is 49.9 Å². The van der Waals surface area contributed by atoms with Crippen molar-refractivity contribution in [3.05, 3.63) is 53.5 Å². The number of aliphatic hydroxyl groups excluding tert-OH is 1. The number of nitrogens with zero attached hydrogens (tertiary/aromatic N) is 3. The Kier molecular flexibility index (Phi) is 6.28. The first-order valence-corrected chi connectivity index (χ1v) is 9.00. The first-order valence-electron chi connectivity index (χ1n) is 9.00. The van der Waals surface area contributed by atoms with E-state index in [4.69, 9.17) is 5.11 Å². The summed E-state index contributed by atoms with van der Waals surface area (Å²) in [4.78, 5) is 8.56. The summed E-state index contributed by atoms with van der Waals surface area (Å²) < 4.78 is 25.3. The normalized spacial score (nSPS) is 16.1. The maximum atomic E-state index is 12.6. The van der Waals surface area contributed by atoms with Crippen LogP contribution >= 0.6 is 0 Å². The third kappa shape index (κ3) is 4.97. The Morgan fingerprint density at radius 1 is 1.15 bits per heavy atom. The third-order valence-corrected chi connectivity index (χ3v) is 4.59. The number of aliphatic hydroxyl groups is 1. The van der Waals surface area contributed by atoms with Crippen molar-refractivity contribution in [1.29, 1.82) is 0 Å². The zero-order valence-electron chi connectivity index (χ0n) is 14.9. The predicted molar refractivity (Wildman–Crippen MR) is 99.8 cm³/mol. The molecule has 0 atom stereocenters. The van der Waals surface area contributed by atoms with Crippen molar-refractivity contribution in [1.82, 2.24) is 15.4 Å². The van der Waals surface area contributed by atoms with E-state index >= 15 is 0 Å². The van der Waals surface area contributed by atoms with Crippen molar-refractivity contribution in [3.8, 4) is 0 Å². The lowest BCUT2D eigenvalue weighted by Crippen LogP contribution is -2.21. The molecule has 1 aliphatic heterocycles. The SMILES string of the molecule is C1=NNCc2ncnc(NC3CCCC3)c21.OCC(F)(F)c1ccccc1. The minimum Gasteiger partial charge on any atom is -0.390 e. The summed E-state index contributed by atoms with van der Waals surface area (Å²) in [5.74, 6) is -2.18. The zero-order chi connectivity index (χ0) is 19.1. The number of hydrogen-bond donors (Lipinski definition) is 3. The van der Waals surface area contributed by atoms with Crippen LogP contribution in [0.4, 0.5) is 14.6 Å². The van der Waals surface area contributed by atoms with E-state index in [1.807, 2.05) is 0 Å². The molecule has 1 aromatic carbocycles. The topological polar surface area (TPSA) is 82.4 Å². The number of anilines is 1. The van der Waals surface area contributed by atoms with Gasteiger partial charge in [0.2, 0.25) is 0 Å². The van der Waals surface area contributed by atoms with Crippen LogP contribution in [0, 0.1) is 0 Å². The zero-order valence-corrected chi connectivity index (χ0v) is 14.9. The molecule has 8 heteroatoms. The van der Waals surface area contributed by atoms with Crippen molar-refractivity contribution in [3.63, 3.8) is 0 Å². The summed E-state index contributed by atoms with van der Waals surface area (Å²) in [6.07, 6.45) is 8.55. The lowest BCUT2D eigenvalue weighted by molar-refractivity contribution is -0.0556. The van der Waals surface area contributed by atoms with Crippen molar-refractivity contribution >= 4 is 12.0 Å². The van der Waals surface area contributed by atoms with E-state index in [2.05, 4.69) is 25.8 Å². The Labute approximate surface area is 156 Å². The Balaban J connectivity index is 0.000000168. The van der Waals surface area contributed by atoms with Gasteiger partial charge >= 0.3 is 0 Å². The summed E-state index contributed by atoms with van der Waals surface area (Å²) in [6.45, 7) is -0.454. The molecule has 0 unspecified atom stereocenters. The Morgan fingerprint density at radius 3 is 2.59 bits per heavy atom. The fourth-order valence-electron chi connectivity index (χ4n) is 3.09. The molecule has 2 heterocycles. The Morgan fingerprint density at radius 2 is 1.89 bits per heavy atom. The second kappa shape index (κ2) is 8.85. The first-order chi connectivity index (χ1) is 13.1. The van der Waals surface area contributed by atoms with Gasteiger partial charge in [0.05, 0.1) is 24.0 Å². The largest absolute Gasteiger partial charge is 0.390 e. The molecule has 0 bridgehead atoms. The highest BCUT2D eigenvalue weighted by Gasteiger charge is 2.29. The Hall–Kier alpha value is -2.61. The number of nitrogens with one attached hydrogen (secondary N) is 2. The Bertz CT molecular complexity index is 764. The number of fused-ring (bicyclic) bond motifs is 1. The lowest BCUT2D eigenvalue weighted by Gasteiger charge is -2.17. The van der Waals surface area contributed by atoms with Crippen LogP contribution in [0.25, 0.3) is 0 Å². The number of halogens is 2. The van der Waals surface area contributed by atoms with Crippen LogP contribution in [0.3, 0.4) is 0 Å². The average molecular weight is 375 g/mol. The molecule has 2 aromatic rings. The van der Waals surface area contributed by atoms with E-state index in [9.17, 15) is 8.78 Å². The second-order valence-electron chi connectivity index (χ2n) is 6.53. The van der Waals surface area contributed by atoms with Gasteiger partial charge in [-0.2, -0.15) is 13.9 Å². The highest BCUT2D eigenvalue weighted by molar-refractivity contribution is 5.88. The van der Waals surface area contributed by atoms with E-state index in [0.717, 1.165) is 17.1 Å². The maximum Gasteiger partial charge on any atom is 0.295 e. The van der Waals surface area contributed by atoms with E-state index in [-0.39, 0.29) is 5.56 Å². The standard InChI is InChI=1S/C11H15N5.C8H8F2O/c1-2-4-8(3-1)16-11-9-5-14-15-6-10(9)12-7-13-11;9-8(10,6-11)7-4-2-1-3-5-7/h5,7-8,15H,1-4,6H2,(H,12,13,16);1-5,11H,6H2. The third-order valence-electron chi connectivity index (χ3n) is 4.59. The molecule has 0 spiro atoms.